The van der Waals surface area contributed by atoms with Gasteiger partial charge in [0.15, 0.2) is 0 Å². The molecule has 0 radical (unpaired) electrons. The van der Waals surface area contributed by atoms with Crippen LogP contribution in [0, 0.1) is 3.57 Å². The normalized spacial score (nSPS) is 14.6. The number of carbonyl (C=O) groups is 2. The predicted octanol–water partition coefficient (Wildman–Crippen LogP) is 5.36. The van der Waals surface area contributed by atoms with E-state index in [9.17, 15) is 18.0 Å². The summed E-state index contributed by atoms with van der Waals surface area (Å²) >= 11 is 2.15. The zero-order valence-corrected chi connectivity index (χ0v) is 26.3. The zero-order chi connectivity index (χ0) is 29.4. The number of ether oxygens (including phenoxy) is 1. The molecule has 218 valence electrons. The number of hydrogen-bond acceptors (Lipinski definition) is 5. The molecule has 10 heteroatoms. The maximum Gasteiger partial charge on any atom is 0.264 e. The number of nitrogens with one attached hydrogen (secondary N) is 1. The number of halogens is 1. The van der Waals surface area contributed by atoms with Gasteiger partial charge in [-0.05, 0) is 96.5 Å². The molecule has 0 spiro atoms. The van der Waals surface area contributed by atoms with Gasteiger partial charge >= 0.3 is 0 Å². The van der Waals surface area contributed by atoms with E-state index in [1.165, 1.54) is 17.0 Å². The SMILES string of the molecule is COc1ccc(CN(C(=O)CN(c2ccc(I)cc2)S(=O)(=O)c2ccccc2)C(C)C(=O)NC2CCCCC2)cc1. The number of carbonyl (C=O) groups excluding carboxylic acids is 2. The third-order valence-corrected chi connectivity index (χ3v) is 9.86. The molecule has 3 aromatic rings. The topological polar surface area (TPSA) is 96.0 Å². The van der Waals surface area contributed by atoms with E-state index in [-0.39, 0.29) is 23.4 Å². The van der Waals surface area contributed by atoms with Crippen LogP contribution >= 0.6 is 22.6 Å². The monoisotopic (exact) mass is 689 g/mol. The Morgan fingerprint density at radius 3 is 2.20 bits per heavy atom. The Bertz CT molecular complexity index is 1410. The van der Waals surface area contributed by atoms with Gasteiger partial charge in [0.1, 0.15) is 18.3 Å². The molecular formula is C31H36IN3O5S. The largest absolute Gasteiger partial charge is 0.497 e. The summed E-state index contributed by atoms with van der Waals surface area (Å²) in [4.78, 5) is 29.0. The minimum absolute atomic E-state index is 0.0798. The van der Waals surface area contributed by atoms with Crippen molar-refractivity contribution in [1.29, 1.82) is 0 Å². The first kappa shape index (κ1) is 30.8. The molecule has 0 heterocycles. The Labute approximate surface area is 256 Å². The summed E-state index contributed by atoms with van der Waals surface area (Å²) in [6, 6.07) is 21.5. The molecule has 0 saturated heterocycles. The molecule has 8 nitrogen and oxygen atoms in total. The van der Waals surface area contributed by atoms with Crippen LogP contribution in [0.25, 0.3) is 0 Å². The molecule has 1 aliphatic rings. The van der Waals surface area contributed by atoms with Crippen molar-refractivity contribution in [1.82, 2.24) is 10.2 Å². The summed E-state index contributed by atoms with van der Waals surface area (Å²) in [5.74, 6) is -0.0517. The number of amides is 2. The van der Waals surface area contributed by atoms with Crippen molar-refractivity contribution in [3.05, 3.63) is 88.0 Å². The number of sulfonamides is 1. The molecule has 1 unspecified atom stereocenters. The van der Waals surface area contributed by atoms with Crippen LogP contribution in [0.3, 0.4) is 0 Å². The van der Waals surface area contributed by atoms with Crippen LogP contribution in [0.5, 0.6) is 5.75 Å². The van der Waals surface area contributed by atoms with Gasteiger partial charge in [0, 0.05) is 16.2 Å². The summed E-state index contributed by atoms with van der Waals surface area (Å²) in [7, 11) is -2.50. The molecule has 1 aliphatic carbocycles. The van der Waals surface area contributed by atoms with Crippen LogP contribution in [0.15, 0.2) is 83.8 Å². The van der Waals surface area contributed by atoms with E-state index in [0.29, 0.717) is 11.4 Å². The summed E-state index contributed by atoms with van der Waals surface area (Å²) in [5, 5.41) is 3.12. The molecular weight excluding hydrogens is 653 g/mol. The maximum absolute atomic E-state index is 14.1. The van der Waals surface area contributed by atoms with Crippen LogP contribution in [0.2, 0.25) is 0 Å². The minimum atomic E-state index is -4.08. The molecule has 2 amide bonds. The molecule has 41 heavy (non-hydrogen) atoms. The number of benzene rings is 3. The van der Waals surface area contributed by atoms with Gasteiger partial charge in [0.05, 0.1) is 17.7 Å². The molecule has 0 aliphatic heterocycles. The quantitative estimate of drug-likeness (QED) is 0.274. The van der Waals surface area contributed by atoms with Gasteiger partial charge in [-0.25, -0.2) is 8.42 Å². The number of nitrogens with zero attached hydrogens (tertiary/aromatic N) is 2. The van der Waals surface area contributed by atoms with Crippen molar-refractivity contribution < 1.29 is 22.7 Å². The van der Waals surface area contributed by atoms with Crippen molar-refractivity contribution >= 4 is 50.1 Å². The van der Waals surface area contributed by atoms with Crippen LogP contribution in [0.1, 0.15) is 44.6 Å². The molecule has 0 aromatic heterocycles. The lowest BCUT2D eigenvalue weighted by Crippen LogP contribution is -2.53. The van der Waals surface area contributed by atoms with Crippen LogP contribution in [0.4, 0.5) is 5.69 Å². The number of anilines is 1. The maximum atomic E-state index is 14.1. The Hall–Kier alpha value is -3.12. The fourth-order valence-corrected chi connectivity index (χ4v) is 6.73. The Balaban J connectivity index is 1.65. The Kier molecular flexibility index (Phi) is 10.7. The molecule has 1 fully saturated rings. The van der Waals surface area contributed by atoms with Gasteiger partial charge in [-0.15, -0.1) is 0 Å². The van der Waals surface area contributed by atoms with Gasteiger partial charge in [-0.2, -0.15) is 0 Å². The van der Waals surface area contributed by atoms with E-state index in [2.05, 4.69) is 27.9 Å². The molecule has 1 atom stereocenters. The van der Waals surface area contributed by atoms with Gasteiger partial charge < -0.3 is 15.0 Å². The molecule has 0 bridgehead atoms. The van der Waals surface area contributed by atoms with E-state index in [4.69, 9.17) is 4.74 Å². The first-order chi connectivity index (χ1) is 19.7. The van der Waals surface area contributed by atoms with Gasteiger partial charge in [0.25, 0.3) is 10.0 Å². The molecule has 1 saturated carbocycles. The highest BCUT2D eigenvalue weighted by atomic mass is 127. The fraction of sp³-hybridized carbons (Fsp3) is 0.355. The van der Waals surface area contributed by atoms with Crippen LogP contribution < -0.4 is 14.4 Å². The predicted molar refractivity (Wildman–Crippen MR) is 168 cm³/mol. The highest BCUT2D eigenvalue weighted by Gasteiger charge is 2.33. The minimum Gasteiger partial charge on any atom is -0.497 e. The van der Waals surface area contributed by atoms with E-state index < -0.39 is 28.5 Å². The second-order valence-corrected chi connectivity index (χ2v) is 13.3. The second-order valence-electron chi connectivity index (χ2n) is 10.2. The fourth-order valence-electron chi connectivity index (χ4n) is 4.93. The van der Waals surface area contributed by atoms with E-state index in [0.717, 1.165) is 45.5 Å². The van der Waals surface area contributed by atoms with Crippen molar-refractivity contribution in [2.24, 2.45) is 0 Å². The Morgan fingerprint density at radius 1 is 0.951 bits per heavy atom. The lowest BCUT2D eigenvalue weighted by molar-refractivity contribution is -0.139. The van der Waals surface area contributed by atoms with E-state index in [1.54, 1.807) is 68.6 Å². The van der Waals surface area contributed by atoms with Crippen molar-refractivity contribution in [3.63, 3.8) is 0 Å². The highest BCUT2D eigenvalue weighted by Crippen LogP contribution is 2.26. The lowest BCUT2D eigenvalue weighted by atomic mass is 9.95. The van der Waals surface area contributed by atoms with Crippen molar-refractivity contribution in [2.45, 2.75) is 62.6 Å². The standard InChI is InChI=1S/C31H36IN3O5S/c1-23(31(37)33-26-9-5-3-6-10-26)34(21-24-13-19-28(40-2)20-14-24)30(36)22-35(27-17-15-25(32)16-18-27)41(38,39)29-11-7-4-8-12-29/h4,7-8,11-20,23,26H,3,5-6,9-10,21-22H2,1-2H3,(H,33,37). The zero-order valence-electron chi connectivity index (χ0n) is 23.3. The van der Waals surface area contributed by atoms with E-state index in [1.807, 2.05) is 12.1 Å². The van der Waals surface area contributed by atoms with Crippen molar-refractivity contribution in [3.8, 4) is 5.75 Å². The number of rotatable bonds is 11. The summed E-state index contributed by atoms with van der Waals surface area (Å²) < 4.78 is 35.0. The summed E-state index contributed by atoms with van der Waals surface area (Å²) in [5.41, 5.74) is 1.16. The lowest BCUT2D eigenvalue weighted by Gasteiger charge is -2.33. The van der Waals surface area contributed by atoms with Gasteiger partial charge in [-0.3, -0.25) is 13.9 Å². The smallest absolute Gasteiger partial charge is 0.264 e. The highest BCUT2D eigenvalue weighted by molar-refractivity contribution is 14.1. The molecule has 3 aromatic carbocycles. The molecule has 1 N–H and O–H groups in total. The van der Waals surface area contributed by atoms with E-state index >= 15 is 0 Å². The Morgan fingerprint density at radius 2 is 1.59 bits per heavy atom. The average molecular weight is 690 g/mol. The third kappa shape index (κ3) is 8.00. The summed E-state index contributed by atoms with van der Waals surface area (Å²) in [6.07, 6.45) is 5.13. The van der Waals surface area contributed by atoms with Crippen molar-refractivity contribution in [2.75, 3.05) is 18.0 Å². The third-order valence-electron chi connectivity index (χ3n) is 7.36. The first-order valence-corrected chi connectivity index (χ1v) is 16.3. The molecule has 4 rings (SSSR count). The number of hydrogen-bond donors (Lipinski definition) is 1. The van der Waals surface area contributed by atoms with Crippen LogP contribution in [-0.4, -0.2) is 50.9 Å². The van der Waals surface area contributed by atoms with Gasteiger partial charge in [-0.1, -0.05) is 49.6 Å². The van der Waals surface area contributed by atoms with Crippen LogP contribution in [-0.2, 0) is 26.2 Å². The van der Waals surface area contributed by atoms with Gasteiger partial charge in [0.2, 0.25) is 11.8 Å². The second kappa shape index (κ2) is 14.2. The first-order valence-electron chi connectivity index (χ1n) is 13.7. The number of methoxy groups -OCH3 is 1. The average Bonchev–Trinajstić information content (AvgIpc) is 3.00. The summed E-state index contributed by atoms with van der Waals surface area (Å²) in [6.45, 7) is 1.36.